The van der Waals surface area contributed by atoms with Gasteiger partial charge in [0.05, 0.1) is 22.5 Å². The van der Waals surface area contributed by atoms with E-state index >= 15 is 0 Å². The van der Waals surface area contributed by atoms with Crippen LogP contribution in [0, 0.1) is 0 Å². The van der Waals surface area contributed by atoms with Gasteiger partial charge in [0.15, 0.2) is 6.10 Å². The number of carbonyl (C=O) groups is 2. The number of esters is 1. The number of benzene rings is 3. The van der Waals surface area contributed by atoms with Gasteiger partial charge in [0.2, 0.25) is 0 Å². The molecule has 0 bridgehead atoms. The van der Waals surface area contributed by atoms with E-state index in [2.05, 4.69) is 9.97 Å². The lowest BCUT2D eigenvalue weighted by atomic mass is 10.1. The number of nitrogens with zero attached hydrogens (tertiary/aromatic N) is 3. The maximum atomic E-state index is 13.5. The molecule has 5 rings (SSSR count). The highest BCUT2D eigenvalue weighted by molar-refractivity contribution is 7.99. The van der Waals surface area contributed by atoms with Crippen molar-refractivity contribution in [3.63, 3.8) is 0 Å². The molecule has 1 aliphatic rings. The largest absolute Gasteiger partial charge is 0.449 e. The van der Waals surface area contributed by atoms with Gasteiger partial charge in [0.25, 0.3) is 5.91 Å². The third-order valence-corrected chi connectivity index (χ3v) is 6.13. The zero-order chi connectivity index (χ0) is 21.4. The van der Waals surface area contributed by atoms with Gasteiger partial charge in [-0.25, -0.2) is 4.79 Å². The number of amides is 1. The van der Waals surface area contributed by atoms with E-state index in [9.17, 15) is 9.59 Å². The predicted octanol–water partition coefficient (Wildman–Crippen LogP) is 5.00. The zero-order valence-electron chi connectivity index (χ0n) is 16.6. The Morgan fingerprint density at radius 3 is 2.23 bits per heavy atom. The van der Waals surface area contributed by atoms with Crippen LogP contribution in [0.5, 0.6) is 0 Å². The summed E-state index contributed by atoms with van der Waals surface area (Å²) >= 11 is 1.61. The average molecular weight is 427 g/mol. The van der Waals surface area contributed by atoms with Crippen LogP contribution in [0.2, 0.25) is 0 Å². The lowest BCUT2D eigenvalue weighted by molar-refractivity contribution is -0.125. The van der Waals surface area contributed by atoms with Gasteiger partial charge in [-0.05, 0) is 43.3 Å². The molecule has 1 aliphatic heterocycles. The molecular formula is C24H17N3O3S. The van der Waals surface area contributed by atoms with Gasteiger partial charge in [-0.1, -0.05) is 42.1 Å². The molecule has 0 fully saturated rings. The fraction of sp³-hybridized carbons (Fsp3) is 0.0833. The molecule has 0 spiro atoms. The van der Waals surface area contributed by atoms with Crippen molar-refractivity contribution >= 4 is 46.0 Å². The number of para-hydroxylation sites is 3. The fourth-order valence-corrected chi connectivity index (χ4v) is 4.61. The Morgan fingerprint density at radius 1 is 0.871 bits per heavy atom. The first kappa shape index (κ1) is 19.3. The highest BCUT2D eigenvalue weighted by Gasteiger charge is 2.32. The van der Waals surface area contributed by atoms with Gasteiger partial charge < -0.3 is 4.74 Å². The van der Waals surface area contributed by atoms with Gasteiger partial charge in [-0.15, -0.1) is 0 Å². The standard InChI is InChI=1S/C24H17N3O3S/c1-15(30-24(29)16-7-6-8-17-22(16)26-14-13-25-17)23(28)27-18-9-2-4-11-20(18)31-21-12-5-3-10-19(21)27/h2-15H,1H3. The SMILES string of the molecule is CC(OC(=O)c1cccc2nccnc12)C(=O)N1c2ccccc2Sc2ccccc21. The molecule has 0 saturated heterocycles. The van der Waals surface area contributed by atoms with Crippen LogP contribution in [-0.2, 0) is 9.53 Å². The molecule has 0 saturated carbocycles. The topological polar surface area (TPSA) is 72.4 Å². The number of ether oxygens (including phenoxy) is 1. The molecule has 6 nitrogen and oxygen atoms in total. The minimum Gasteiger partial charge on any atom is -0.449 e. The second-order valence-corrected chi connectivity index (χ2v) is 8.07. The number of aromatic nitrogens is 2. The molecule has 1 unspecified atom stereocenters. The van der Waals surface area contributed by atoms with E-state index in [1.165, 1.54) is 6.20 Å². The number of rotatable bonds is 3. The minimum absolute atomic E-state index is 0.278. The summed E-state index contributed by atoms with van der Waals surface area (Å²) < 4.78 is 5.58. The van der Waals surface area contributed by atoms with E-state index in [1.54, 1.807) is 48.0 Å². The molecule has 7 heteroatoms. The fourth-order valence-electron chi connectivity index (χ4n) is 3.56. The van der Waals surface area contributed by atoms with Gasteiger partial charge in [-0.3, -0.25) is 19.7 Å². The molecule has 0 aliphatic carbocycles. The van der Waals surface area contributed by atoms with Gasteiger partial charge >= 0.3 is 5.97 Å². The van der Waals surface area contributed by atoms with Gasteiger partial charge in [0, 0.05) is 22.2 Å². The van der Waals surface area contributed by atoms with Crippen molar-refractivity contribution in [1.29, 1.82) is 0 Å². The second-order valence-electron chi connectivity index (χ2n) is 6.99. The lowest BCUT2D eigenvalue weighted by Gasteiger charge is -2.32. The first-order chi connectivity index (χ1) is 15.1. The molecule has 0 N–H and O–H groups in total. The summed E-state index contributed by atoms with van der Waals surface area (Å²) in [6.07, 6.45) is 2.09. The molecule has 1 amide bonds. The van der Waals surface area contributed by atoms with Crippen molar-refractivity contribution in [2.24, 2.45) is 0 Å². The molecule has 1 aromatic heterocycles. The van der Waals surface area contributed by atoms with Crippen LogP contribution in [-0.4, -0.2) is 27.9 Å². The van der Waals surface area contributed by atoms with Crippen molar-refractivity contribution < 1.29 is 14.3 Å². The molecule has 2 heterocycles. The highest BCUT2D eigenvalue weighted by atomic mass is 32.2. The third kappa shape index (κ3) is 3.43. The van der Waals surface area contributed by atoms with E-state index in [1.807, 2.05) is 48.5 Å². The van der Waals surface area contributed by atoms with E-state index in [0.29, 0.717) is 11.0 Å². The Kier molecular flexibility index (Phi) is 4.88. The maximum Gasteiger partial charge on any atom is 0.341 e. The molecular weight excluding hydrogens is 410 g/mol. The summed E-state index contributed by atoms with van der Waals surface area (Å²) in [5, 5.41) is 0. The summed E-state index contributed by atoms with van der Waals surface area (Å²) in [6.45, 7) is 1.59. The Morgan fingerprint density at radius 2 is 1.52 bits per heavy atom. The predicted molar refractivity (Wildman–Crippen MR) is 119 cm³/mol. The van der Waals surface area contributed by atoms with E-state index in [4.69, 9.17) is 4.74 Å². The van der Waals surface area contributed by atoms with Gasteiger partial charge in [-0.2, -0.15) is 0 Å². The van der Waals surface area contributed by atoms with Gasteiger partial charge in [0.1, 0.15) is 5.52 Å². The van der Waals surface area contributed by atoms with Crippen LogP contribution < -0.4 is 4.90 Å². The lowest BCUT2D eigenvalue weighted by Crippen LogP contribution is -2.38. The summed E-state index contributed by atoms with van der Waals surface area (Å²) in [4.78, 5) is 38.4. The number of carbonyl (C=O) groups excluding carboxylic acids is 2. The van der Waals surface area contributed by atoms with Crippen molar-refractivity contribution in [1.82, 2.24) is 9.97 Å². The van der Waals surface area contributed by atoms with Crippen LogP contribution in [0.3, 0.4) is 0 Å². The van der Waals surface area contributed by atoms with Crippen LogP contribution in [0.4, 0.5) is 11.4 Å². The number of fused-ring (bicyclic) bond motifs is 3. The number of anilines is 2. The van der Waals surface area contributed by atoms with E-state index < -0.39 is 12.1 Å². The molecule has 3 aromatic carbocycles. The van der Waals surface area contributed by atoms with Crippen molar-refractivity contribution in [2.45, 2.75) is 22.8 Å². The van der Waals surface area contributed by atoms with Crippen LogP contribution in [0.1, 0.15) is 17.3 Å². The molecule has 1 atom stereocenters. The number of hydrogen-bond donors (Lipinski definition) is 0. The second kappa shape index (κ2) is 7.85. The molecule has 31 heavy (non-hydrogen) atoms. The van der Waals surface area contributed by atoms with Crippen molar-refractivity contribution in [3.8, 4) is 0 Å². The summed E-state index contributed by atoms with van der Waals surface area (Å²) in [6, 6.07) is 20.5. The number of hydrogen-bond acceptors (Lipinski definition) is 6. The van der Waals surface area contributed by atoms with Crippen LogP contribution in [0.15, 0.2) is 88.9 Å². The molecule has 152 valence electrons. The minimum atomic E-state index is -0.997. The van der Waals surface area contributed by atoms with E-state index in [0.717, 1.165) is 21.2 Å². The summed E-state index contributed by atoms with van der Waals surface area (Å²) in [5.41, 5.74) is 2.86. The van der Waals surface area contributed by atoms with E-state index in [-0.39, 0.29) is 11.5 Å². The Balaban J connectivity index is 1.46. The van der Waals surface area contributed by atoms with Crippen molar-refractivity contribution in [2.75, 3.05) is 4.90 Å². The normalized spacial score (nSPS) is 13.3. The van der Waals surface area contributed by atoms with Crippen molar-refractivity contribution in [3.05, 3.63) is 84.7 Å². The maximum absolute atomic E-state index is 13.5. The molecule has 4 aromatic rings. The average Bonchev–Trinajstić information content (AvgIpc) is 2.81. The Labute approximate surface area is 182 Å². The Bertz CT molecular complexity index is 1270. The quantitative estimate of drug-likeness (QED) is 0.428. The Hall–Kier alpha value is -3.71. The summed E-state index contributed by atoms with van der Waals surface area (Å²) in [7, 11) is 0. The van der Waals surface area contributed by atoms with Crippen LogP contribution in [0.25, 0.3) is 11.0 Å². The summed E-state index contributed by atoms with van der Waals surface area (Å²) in [5.74, 6) is -0.931. The zero-order valence-corrected chi connectivity index (χ0v) is 17.4. The molecule has 0 radical (unpaired) electrons. The third-order valence-electron chi connectivity index (χ3n) is 5.00. The first-order valence-corrected chi connectivity index (χ1v) is 10.6. The first-order valence-electron chi connectivity index (χ1n) is 9.74. The monoisotopic (exact) mass is 427 g/mol. The highest BCUT2D eigenvalue weighted by Crippen LogP contribution is 2.48. The smallest absolute Gasteiger partial charge is 0.341 e. The van der Waals surface area contributed by atoms with Crippen LogP contribution >= 0.6 is 11.8 Å².